The number of benzene rings is 2. The summed E-state index contributed by atoms with van der Waals surface area (Å²) in [6.45, 7) is 1.49. The first-order valence-corrected chi connectivity index (χ1v) is 7.65. The van der Waals surface area contributed by atoms with E-state index < -0.39 is 0 Å². The van der Waals surface area contributed by atoms with Crippen LogP contribution in [0.15, 0.2) is 60.8 Å². The molecule has 126 valence electrons. The molecule has 3 aromatic rings. The number of carbonyl (C=O) groups is 1. The van der Waals surface area contributed by atoms with Crippen LogP contribution in [-0.4, -0.2) is 33.2 Å². The molecule has 0 bridgehead atoms. The summed E-state index contributed by atoms with van der Waals surface area (Å²) in [6, 6.07) is 16.8. The molecule has 0 radical (unpaired) electrons. The molecular weight excluding hydrogens is 318 g/mol. The van der Waals surface area contributed by atoms with E-state index in [9.17, 15) is 4.79 Å². The molecule has 0 atom stereocenters. The number of nitrogens with zero attached hydrogens (tertiary/aromatic N) is 5. The summed E-state index contributed by atoms with van der Waals surface area (Å²) in [5.41, 5.74) is 1.56. The van der Waals surface area contributed by atoms with Gasteiger partial charge in [0.2, 0.25) is 5.91 Å². The molecule has 0 saturated carbocycles. The van der Waals surface area contributed by atoms with E-state index in [-0.39, 0.29) is 5.91 Å². The Hall–Kier alpha value is -3.48. The molecule has 1 aromatic heterocycles. The van der Waals surface area contributed by atoms with E-state index in [1.54, 1.807) is 36.2 Å². The fourth-order valence-corrected chi connectivity index (χ4v) is 2.31. The molecule has 0 spiro atoms. The van der Waals surface area contributed by atoms with Crippen LogP contribution in [0, 0.1) is 0 Å². The molecule has 7 nitrogen and oxygen atoms in total. The average molecular weight is 335 g/mol. The Morgan fingerprint density at radius 1 is 1.12 bits per heavy atom. The van der Waals surface area contributed by atoms with Crippen LogP contribution < -0.4 is 9.64 Å². The lowest BCUT2D eigenvalue weighted by atomic mass is 10.2. The van der Waals surface area contributed by atoms with E-state index in [1.807, 2.05) is 42.5 Å². The quantitative estimate of drug-likeness (QED) is 0.717. The number of hydrogen-bond donors (Lipinski definition) is 0. The van der Waals surface area contributed by atoms with Gasteiger partial charge in [0.25, 0.3) is 0 Å². The van der Waals surface area contributed by atoms with Crippen molar-refractivity contribution in [3.8, 4) is 11.4 Å². The van der Waals surface area contributed by atoms with Crippen LogP contribution in [0.3, 0.4) is 0 Å². The highest BCUT2D eigenvalue weighted by atomic mass is 16.5. The van der Waals surface area contributed by atoms with Crippen LogP contribution >= 0.6 is 0 Å². The van der Waals surface area contributed by atoms with Gasteiger partial charge in [-0.15, -0.1) is 5.10 Å². The van der Waals surface area contributed by atoms with Crippen molar-refractivity contribution < 1.29 is 9.53 Å². The summed E-state index contributed by atoms with van der Waals surface area (Å²) in [5, 5.41) is 11.7. The minimum atomic E-state index is -0.125. The number of amides is 1. The molecule has 0 fully saturated rings. The van der Waals surface area contributed by atoms with Crippen molar-refractivity contribution in [2.45, 2.75) is 6.92 Å². The minimum Gasteiger partial charge on any atom is -0.497 e. The van der Waals surface area contributed by atoms with Crippen LogP contribution in [-0.2, 0) is 4.79 Å². The molecule has 25 heavy (non-hydrogen) atoms. The first-order chi connectivity index (χ1) is 12.2. The summed E-state index contributed by atoms with van der Waals surface area (Å²) < 4.78 is 6.74. The van der Waals surface area contributed by atoms with Gasteiger partial charge < -0.3 is 4.74 Å². The second kappa shape index (κ2) is 7.39. The fourth-order valence-electron chi connectivity index (χ4n) is 2.31. The van der Waals surface area contributed by atoms with Gasteiger partial charge in [-0.2, -0.15) is 4.68 Å². The Bertz CT molecular complexity index is 872. The van der Waals surface area contributed by atoms with Crippen LogP contribution in [0.25, 0.3) is 11.8 Å². The Balaban J connectivity index is 1.88. The normalized spacial score (nSPS) is 10.8. The van der Waals surface area contributed by atoms with E-state index in [0.29, 0.717) is 5.82 Å². The van der Waals surface area contributed by atoms with Crippen LogP contribution in [0.4, 0.5) is 5.69 Å². The third-order valence-corrected chi connectivity index (χ3v) is 3.56. The maximum atomic E-state index is 12.0. The lowest BCUT2D eigenvalue weighted by Crippen LogP contribution is -2.21. The smallest absolute Gasteiger partial charge is 0.227 e. The zero-order valence-electron chi connectivity index (χ0n) is 13.9. The molecule has 3 rings (SSSR count). The third-order valence-electron chi connectivity index (χ3n) is 3.56. The number of para-hydroxylation sites is 1. The predicted molar refractivity (Wildman–Crippen MR) is 94.3 cm³/mol. The molecular formula is C18H17N5O2. The highest BCUT2D eigenvalue weighted by Crippen LogP contribution is 2.20. The first-order valence-electron chi connectivity index (χ1n) is 7.65. The van der Waals surface area contributed by atoms with Gasteiger partial charge in [-0.3, -0.25) is 9.69 Å². The average Bonchev–Trinajstić information content (AvgIpc) is 3.11. The van der Waals surface area contributed by atoms with Gasteiger partial charge in [-0.1, -0.05) is 18.2 Å². The maximum absolute atomic E-state index is 12.0. The van der Waals surface area contributed by atoms with Crippen molar-refractivity contribution >= 4 is 17.7 Å². The second-order valence-electron chi connectivity index (χ2n) is 5.19. The number of methoxy groups -OCH3 is 1. The van der Waals surface area contributed by atoms with Crippen molar-refractivity contribution in [3.63, 3.8) is 0 Å². The van der Waals surface area contributed by atoms with Gasteiger partial charge in [0.15, 0.2) is 5.82 Å². The van der Waals surface area contributed by atoms with Crippen molar-refractivity contribution in [1.29, 1.82) is 0 Å². The zero-order valence-corrected chi connectivity index (χ0v) is 13.9. The first kappa shape index (κ1) is 16.4. The van der Waals surface area contributed by atoms with Gasteiger partial charge in [0, 0.05) is 24.9 Å². The summed E-state index contributed by atoms with van der Waals surface area (Å²) in [7, 11) is 1.60. The number of tetrazole rings is 1. The van der Waals surface area contributed by atoms with Crippen LogP contribution in [0.1, 0.15) is 12.7 Å². The van der Waals surface area contributed by atoms with Gasteiger partial charge in [0.05, 0.1) is 12.8 Å². The summed E-state index contributed by atoms with van der Waals surface area (Å²) in [4.78, 5) is 13.5. The standard InChI is InChI=1S/C18H17N5O2/c1-14(24)22(15-8-10-17(25-2)11-9-15)13-12-18-19-20-21-23(18)16-6-4-3-5-7-16/h3-13H,1-2H3. The van der Waals surface area contributed by atoms with Crippen molar-refractivity contribution in [3.05, 3.63) is 66.6 Å². The second-order valence-corrected chi connectivity index (χ2v) is 5.19. The number of rotatable bonds is 5. The number of aromatic nitrogens is 4. The number of ether oxygens (including phenoxy) is 1. The summed E-state index contributed by atoms with van der Waals surface area (Å²) in [5.74, 6) is 1.12. The Kier molecular flexibility index (Phi) is 4.84. The summed E-state index contributed by atoms with van der Waals surface area (Å²) in [6.07, 6.45) is 3.34. The van der Waals surface area contributed by atoms with Gasteiger partial charge in [0.1, 0.15) is 5.75 Å². The lowest BCUT2D eigenvalue weighted by molar-refractivity contribution is -0.115. The molecule has 2 aromatic carbocycles. The van der Waals surface area contributed by atoms with Crippen LogP contribution in [0.5, 0.6) is 5.75 Å². The van der Waals surface area contributed by atoms with Gasteiger partial charge >= 0.3 is 0 Å². The molecule has 0 aliphatic carbocycles. The molecule has 0 N–H and O–H groups in total. The van der Waals surface area contributed by atoms with E-state index >= 15 is 0 Å². The predicted octanol–water partition coefficient (Wildman–Crippen LogP) is 2.69. The molecule has 0 saturated heterocycles. The van der Waals surface area contributed by atoms with E-state index in [0.717, 1.165) is 17.1 Å². The SMILES string of the molecule is COc1ccc(N(C=Cc2nnnn2-c2ccccc2)C(C)=O)cc1. The molecule has 1 amide bonds. The molecule has 0 aliphatic heterocycles. The molecule has 7 heteroatoms. The van der Waals surface area contributed by atoms with Crippen molar-refractivity contribution in [2.24, 2.45) is 0 Å². The van der Waals surface area contributed by atoms with E-state index in [2.05, 4.69) is 15.5 Å². The largest absolute Gasteiger partial charge is 0.497 e. The molecule has 1 heterocycles. The highest BCUT2D eigenvalue weighted by molar-refractivity contribution is 5.94. The number of anilines is 1. The topological polar surface area (TPSA) is 73.1 Å². The molecule has 0 aliphatic rings. The zero-order chi connectivity index (χ0) is 17.6. The Morgan fingerprint density at radius 2 is 1.84 bits per heavy atom. The lowest BCUT2D eigenvalue weighted by Gasteiger charge is -2.16. The fraction of sp³-hybridized carbons (Fsp3) is 0.111. The maximum Gasteiger partial charge on any atom is 0.227 e. The van der Waals surface area contributed by atoms with E-state index in [1.165, 1.54) is 11.8 Å². The minimum absolute atomic E-state index is 0.125. The van der Waals surface area contributed by atoms with Gasteiger partial charge in [-0.05, 0) is 46.8 Å². The monoisotopic (exact) mass is 335 g/mol. The van der Waals surface area contributed by atoms with Crippen molar-refractivity contribution in [1.82, 2.24) is 20.2 Å². The van der Waals surface area contributed by atoms with Crippen molar-refractivity contribution in [2.75, 3.05) is 12.0 Å². The Morgan fingerprint density at radius 3 is 2.48 bits per heavy atom. The van der Waals surface area contributed by atoms with Crippen LogP contribution in [0.2, 0.25) is 0 Å². The summed E-state index contributed by atoms with van der Waals surface area (Å²) >= 11 is 0. The molecule has 0 unspecified atom stereocenters. The highest BCUT2D eigenvalue weighted by Gasteiger charge is 2.10. The Labute approximate surface area is 145 Å². The van der Waals surface area contributed by atoms with Gasteiger partial charge in [-0.25, -0.2) is 0 Å². The number of carbonyl (C=O) groups excluding carboxylic acids is 1. The third kappa shape index (κ3) is 3.72. The number of hydrogen-bond acceptors (Lipinski definition) is 5. The van der Waals surface area contributed by atoms with E-state index in [4.69, 9.17) is 4.74 Å².